The monoisotopic (exact) mass is 528 g/mol. The molecule has 2 aliphatic rings. The van der Waals surface area contributed by atoms with Crippen LogP contribution in [0.3, 0.4) is 0 Å². The van der Waals surface area contributed by atoms with Crippen molar-refractivity contribution in [2.75, 3.05) is 66.8 Å². The van der Waals surface area contributed by atoms with Crippen LogP contribution in [0, 0.1) is 0 Å². The molecule has 0 bridgehead atoms. The molecule has 0 saturated carbocycles. The molecule has 0 aliphatic carbocycles. The molecular formula is C27H33ClN4O5. The molecule has 198 valence electrons. The fourth-order valence-electron chi connectivity index (χ4n) is 4.47. The molecule has 9 nitrogen and oxygen atoms in total. The Labute approximate surface area is 222 Å². The molecule has 1 saturated heterocycles. The Bertz CT molecular complexity index is 1090. The molecule has 2 amide bonds. The molecule has 0 radical (unpaired) electrons. The van der Waals surface area contributed by atoms with Crippen LogP contribution in [0.5, 0.6) is 5.75 Å². The second-order valence-corrected chi connectivity index (χ2v) is 9.42. The first-order valence-corrected chi connectivity index (χ1v) is 12.7. The minimum atomic E-state index is -0.305. The lowest BCUT2D eigenvalue weighted by atomic mass is 9.98. The van der Waals surface area contributed by atoms with Crippen molar-refractivity contribution in [3.63, 3.8) is 0 Å². The summed E-state index contributed by atoms with van der Waals surface area (Å²) in [6.45, 7) is 3.86. The zero-order chi connectivity index (χ0) is 26.2. The first-order chi connectivity index (χ1) is 18.0. The van der Waals surface area contributed by atoms with Crippen molar-refractivity contribution in [3.05, 3.63) is 64.7 Å². The second kappa shape index (κ2) is 13.0. The van der Waals surface area contributed by atoms with Gasteiger partial charge in [-0.2, -0.15) is 5.10 Å². The van der Waals surface area contributed by atoms with Crippen LogP contribution in [0.2, 0.25) is 5.02 Å². The standard InChI is InChI=1S/C27H33ClN4O5/c1-35-19-27(34)31(12-11-30-13-15-37-16-14-30)18-26(33)32-25(21-3-7-22(28)8-4-21)17-24(29-32)20-5-9-23(36-2)10-6-20/h3-10,25H,11-19H2,1-2H3/t25-/m1/s1. The summed E-state index contributed by atoms with van der Waals surface area (Å²) >= 11 is 6.11. The van der Waals surface area contributed by atoms with Crippen LogP contribution in [0.25, 0.3) is 0 Å². The number of hydrogen-bond acceptors (Lipinski definition) is 7. The van der Waals surface area contributed by atoms with Gasteiger partial charge in [-0.3, -0.25) is 14.5 Å². The molecule has 0 spiro atoms. The number of morpholine rings is 1. The number of carbonyl (C=O) groups excluding carboxylic acids is 2. The van der Waals surface area contributed by atoms with Crippen molar-refractivity contribution in [2.24, 2.45) is 5.10 Å². The van der Waals surface area contributed by atoms with Crippen molar-refractivity contribution in [2.45, 2.75) is 12.5 Å². The molecule has 1 fully saturated rings. The first kappa shape index (κ1) is 27.1. The number of ether oxygens (including phenoxy) is 3. The highest BCUT2D eigenvalue weighted by molar-refractivity contribution is 6.30. The maximum Gasteiger partial charge on any atom is 0.262 e. The maximum atomic E-state index is 13.6. The number of carbonyl (C=O) groups is 2. The van der Waals surface area contributed by atoms with Crippen LogP contribution in [0.1, 0.15) is 23.6 Å². The predicted octanol–water partition coefficient (Wildman–Crippen LogP) is 2.83. The van der Waals surface area contributed by atoms with Gasteiger partial charge in [0, 0.05) is 44.7 Å². The highest BCUT2D eigenvalue weighted by atomic mass is 35.5. The van der Waals surface area contributed by atoms with Gasteiger partial charge in [-0.1, -0.05) is 23.7 Å². The maximum absolute atomic E-state index is 13.6. The lowest BCUT2D eigenvalue weighted by molar-refractivity contribution is -0.143. The number of rotatable bonds is 10. The Hall–Kier alpha value is -2.98. The number of benzene rings is 2. The van der Waals surface area contributed by atoms with E-state index >= 15 is 0 Å². The van der Waals surface area contributed by atoms with E-state index in [1.54, 1.807) is 12.0 Å². The Morgan fingerprint density at radius 3 is 2.43 bits per heavy atom. The third-order valence-corrected chi connectivity index (χ3v) is 6.83. The van der Waals surface area contributed by atoms with Crippen LogP contribution < -0.4 is 4.74 Å². The molecule has 37 heavy (non-hydrogen) atoms. The van der Waals surface area contributed by atoms with E-state index in [2.05, 4.69) is 4.90 Å². The van der Waals surface area contributed by atoms with Crippen LogP contribution in [-0.2, 0) is 19.1 Å². The summed E-state index contributed by atoms with van der Waals surface area (Å²) in [7, 11) is 3.09. The predicted molar refractivity (Wildman–Crippen MR) is 141 cm³/mol. The topological polar surface area (TPSA) is 83.9 Å². The third kappa shape index (κ3) is 7.07. The molecule has 0 aromatic heterocycles. The number of hydrogen-bond donors (Lipinski definition) is 0. The second-order valence-electron chi connectivity index (χ2n) is 8.99. The number of nitrogens with zero attached hydrogens (tertiary/aromatic N) is 4. The lowest BCUT2D eigenvalue weighted by Crippen LogP contribution is -2.47. The van der Waals surface area contributed by atoms with E-state index in [-0.39, 0.29) is 31.0 Å². The first-order valence-electron chi connectivity index (χ1n) is 12.3. The van der Waals surface area contributed by atoms with Crippen LogP contribution >= 0.6 is 11.6 Å². The van der Waals surface area contributed by atoms with Crippen molar-refractivity contribution in [3.8, 4) is 5.75 Å². The van der Waals surface area contributed by atoms with E-state index in [9.17, 15) is 9.59 Å². The average molecular weight is 529 g/mol. The van der Waals surface area contributed by atoms with E-state index in [4.69, 9.17) is 30.9 Å². The van der Waals surface area contributed by atoms with Gasteiger partial charge in [0.25, 0.3) is 5.91 Å². The summed E-state index contributed by atoms with van der Waals surface area (Å²) in [5.74, 6) is 0.262. The smallest absolute Gasteiger partial charge is 0.262 e. The molecule has 2 aliphatic heterocycles. The summed E-state index contributed by atoms with van der Waals surface area (Å²) in [4.78, 5) is 30.3. The molecule has 4 rings (SSSR count). The van der Waals surface area contributed by atoms with Gasteiger partial charge < -0.3 is 19.1 Å². The van der Waals surface area contributed by atoms with Gasteiger partial charge in [0.2, 0.25) is 5.91 Å². The number of amides is 2. The van der Waals surface area contributed by atoms with Gasteiger partial charge in [-0.25, -0.2) is 5.01 Å². The van der Waals surface area contributed by atoms with E-state index < -0.39 is 0 Å². The highest BCUT2D eigenvalue weighted by Gasteiger charge is 2.34. The minimum absolute atomic E-state index is 0.0859. The van der Waals surface area contributed by atoms with Gasteiger partial charge in [0.05, 0.1) is 32.1 Å². The Balaban J connectivity index is 1.54. The van der Waals surface area contributed by atoms with Crippen molar-refractivity contribution >= 4 is 29.1 Å². The molecule has 2 heterocycles. The van der Waals surface area contributed by atoms with Gasteiger partial charge in [0.1, 0.15) is 18.9 Å². The van der Waals surface area contributed by atoms with E-state index in [1.165, 1.54) is 12.1 Å². The van der Waals surface area contributed by atoms with Gasteiger partial charge in [-0.15, -0.1) is 0 Å². The quantitative estimate of drug-likeness (QED) is 0.471. The highest BCUT2D eigenvalue weighted by Crippen LogP contribution is 2.33. The molecule has 10 heteroatoms. The van der Waals surface area contributed by atoms with Crippen molar-refractivity contribution in [1.82, 2.24) is 14.8 Å². The largest absolute Gasteiger partial charge is 0.497 e. The SMILES string of the molecule is COCC(=O)N(CCN1CCOCC1)CC(=O)N1N=C(c2ccc(OC)cc2)C[C@@H]1c1ccc(Cl)cc1. The average Bonchev–Trinajstić information content (AvgIpc) is 3.38. The van der Waals surface area contributed by atoms with E-state index in [0.29, 0.717) is 37.7 Å². The number of halogens is 1. The normalized spacial score (nSPS) is 18.0. The molecule has 2 aromatic rings. The zero-order valence-electron chi connectivity index (χ0n) is 21.3. The third-order valence-electron chi connectivity index (χ3n) is 6.58. The lowest BCUT2D eigenvalue weighted by Gasteiger charge is -2.31. The fraction of sp³-hybridized carbons (Fsp3) is 0.444. The van der Waals surface area contributed by atoms with Gasteiger partial charge in [0.15, 0.2) is 0 Å². The van der Waals surface area contributed by atoms with Crippen molar-refractivity contribution < 1.29 is 23.8 Å². The summed E-state index contributed by atoms with van der Waals surface area (Å²) in [6.07, 6.45) is 0.541. The molecular weight excluding hydrogens is 496 g/mol. The summed E-state index contributed by atoms with van der Waals surface area (Å²) in [6, 6.07) is 14.7. The van der Waals surface area contributed by atoms with Crippen molar-refractivity contribution in [1.29, 1.82) is 0 Å². The Kier molecular flexibility index (Phi) is 9.51. The van der Waals surface area contributed by atoms with Crippen LogP contribution in [0.15, 0.2) is 53.6 Å². The van der Waals surface area contributed by atoms with Crippen LogP contribution in [-0.4, -0.2) is 99.1 Å². The summed E-state index contributed by atoms with van der Waals surface area (Å²) in [5.41, 5.74) is 2.63. The molecule has 0 N–H and O–H groups in total. The van der Waals surface area contributed by atoms with Gasteiger partial charge in [-0.05, 0) is 47.5 Å². The summed E-state index contributed by atoms with van der Waals surface area (Å²) < 4.78 is 15.8. The molecule has 2 aromatic carbocycles. The molecule has 0 unspecified atom stereocenters. The molecule has 1 atom stereocenters. The Morgan fingerprint density at radius 1 is 1.08 bits per heavy atom. The minimum Gasteiger partial charge on any atom is -0.497 e. The number of methoxy groups -OCH3 is 2. The zero-order valence-corrected chi connectivity index (χ0v) is 22.0. The van der Waals surface area contributed by atoms with Crippen LogP contribution in [0.4, 0.5) is 0 Å². The number of hydrazone groups is 1. The van der Waals surface area contributed by atoms with E-state index in [0.717, 1.165) is 35.7 Å². The van der Waals surface area contributed by atoms with Gasteiger partial charge >= 0.3 is 0 Å². The Morgan fingerprint density at radius 2 is 1.78 bits per heavy atom. The van der Waals surface area contributed by atoms with E-state index in [1.807, 2.05) is 48.5 Å². The summed E-state index contributed by atoms with van der Waals surface area (Å²) in [5, 5.41) is 6.86. The fourth-order valence-corrected chi connectivity index (χ4v) is 4.60.